The Hall–Kier alpha value is -2.65. The third-order valence-corrected chi connectivity index (χ3v) is 8.87. The number of likely N-dealkylation sites (tertiary alicyclic amines) is 1. The van der Waals surface area contributed by atoms with Crippen LogP contribution in [0.3, 0.4) is 0 Å². The predicted molar refractivity (Wildman–Crippen MR) is 126 cm³/mol. The quantitative estimate of drug-likeness (QED) is 0.668. The first-order valence-electron chi connectivity index (χ1n) is 11.6. The second-order valence-corrected chi connectivity index (χ2v) is 11.2. The van der Waals surface area contributed by atoms with Crippen molar-refractivity contribution in [2.24, 2.45) is 0 Å². The van der Waals surface area contributed by atoms with Gasteiger partial charge in [-0.25, -0.2) is 12.8 Å². The van der Waals surface area contributed by atoms with E-state index in [0.717, 1.165) is 62.4 Å². The van der Waals surface area contributed by atoms with Crippen LogP contribution in [0.5, 0.6) is 11.5 Å². The first-order chi connectivity index (χ1) is 16.2. The van der Waals surface area contributed by atoms with Gasteiger partial charge in [0.1, 0.15) is 29.2 Å². The molecule has 3 aliphatic rings. The molecule has 1 spiro atoms. The molecular formula is C25H29FN2O5S. The van der Waals surface area contributed by atoms with Gasteiger partial charge in [-0.05, 0) is 56.5 Å². The van der Waals surface area contributed by atoms with Gasteiger partial charge in [0, 0.05) is 31.1 Å². The Kier molecular flexibility index (Phi) is 5.80. The van der Waals surface area contributed by atoms with Crippen LogP contribution in [0, 0.1) is 5.82 Å². The number of fused-ring (bicyclic) bond motifs is 2. The molecule has 5 rings (SSSR count). The van der Waals surface area contributed by atoms with E-state index in [-0.39, 0.29) is 23.3 Å². The number of ketones is 1. The lowest BCUT2D eigenvalue weighted by Gasteiger charge is -2.38. The van der Waals surface area contributed by atoms with Gasteiger partial charge in [0.2, 0.25) is 0 Å². The smallest absolute Gasteiger partial charge is 0.268 e. The van der Waals surface area contributed by atoms with Crippen molar-refractivity contribution in [3.8, 4) is 11.5 Å². The highest BCUT2D eigenvalue weighted by molar-refractivity contribution is 7.92. The standard InChI is InChI=1S/C25H29FN2O5S/c1-28-11-7-17(8-12-28)33-22-14-16(13-19-18(22)15-23(29)25(19)9-4-10-25)27-34(30,31)24-20(26)5-3-6-21(24)32-2/h3,5-6,13-14,17,27H,4,7-12,15H2,1-2H3. The Balaban J connectivity index is 1.54. The fourth-order valence-electron chi connectivity index (χ4n) is 5.38. The minimum absolute atomic E-state index is 0.00754. The van der Waals surface area contributed by atoms with E-state index >= 15 is 0 Å². The van der Waals surface area contributed by atoms with Crippen molar-refractivity contribution >= 4 is 21.5 Å². The molecule has 1 saturated heterocycles. The van der Waals surface area contributed by atoms with Gasteiger partial charge in [0.05, 0.1) is 18.2 Å². The van der Waals surface area contributed by atoms with Crippen molar-refractivity contribution in [1.29, 1.82) is 0 Å². The van der Waals surface area contributed by atoms with E-state index in [9.17, 15) is 17.6 Å². The Labute approximate surface area is 199 Å². The highest BCUT2D eigenvalue weighted by atomic mass is 32.2. The number of methoxy groups -OCH3 is 1. The van der Waals surface area contributed by atoms with Crippen LogP contribution < -0.4 is 14.2 Å². The molecule has 0 unspecified atom stereocenters. The third-order valence-electron chi connectivity index (χ3n) is 7.43. The fourth-order valence-corrected chi connectivity index (χ4v) is 6.65. The van der Waals surface area contributed by atoms with Crippen LogP contribution in [0.25, 0.3) is 0 Å². The minimum atomic E-state index is -4.30. The predicted octanol–water partition coefficient (Wildman–Crippen LogP) is 3.66. The molecule has 34 heavy (non-hydrogen) atoms. The Morgan fingerprint density at radius 3 is 2.53 bits per heavy atom. The molecule has 2 aromatic rings. The van der Waals surface area contributed by atoms with Crippen molar-refractivity contribution < 1.29 is 27.1 Å². The van der Waals surface area contributed by atoms with Crippen molar-refractivity contribution in [1.82, 2.24) is 4.90 Å². The normalized spacial score (nSPS) is 20.1. The fraction of sp³-hybridized carbons (Fsp3) is 0.480. The average molecular weight is 489 g/mol. The number of nitrogens with one attached hydrogen (secondary N) is 1. The second kappa shape index (κ2) is 8.53. The van der Waals surface area contributed by atoms with E-state index < -0.39 is 26.2 Å². The number of rotatable bonds is 6. The molecule has 2 aliphatic carbocycles. The maximum atomic E-state index is 14.5. The molecule has 0 atom stereocenters. The molecule has 182 valence electrons. The zero-order valence-corrected chi connectivity index (χ0v) is 20.2. The molecule has 1 aliphatic heterocycles. The number of hydrogen-bond acceptors (Lipinski definition) is 6. The summed E-state index contributed by atoms with van der Waals surface area (Å²) in [4.78, 5) is 14.7. The zero-order valence-electron chi connectivity index (χ0n) is 19.4. The first-order valence-corrected chi connectivity index (χ1v) is 13.1. The summed E-state index contributed by atoms with van der Waals surface area (Å²) in [6.45, 7) is 1.82. The number of nitrogens with zero attached hydrogens (tertiary/aromatic N) is 1. The van der Waals surface area contributed by atoms with Gasteiger partial charge >= 0.3 is 0 Å². The number of piperidine rings is 1. The van der Waals surface area contributed by atoms with Crippen LogP contribution in [0.2, 0.25) is 0 Å². The number of anilines is 1. The molecule has 1 N–H and O–H groups in total. The van der Waals surface area contributed by atoms with Crippen LogP contribution >= 0.6 is 0 Å². The molecule has 2 aromatic carbocycles. The van der Waals surface area contributed by atoms with Crippen LogP contribution in [-0.2, 0) is 26.7 Å². The summed E-state index contributed by atoms with van der Waals surface area (Å²) in [5.74, 6) is -0.274. The largest absolute Gasteiger partial charge is 0.495 e. The number of sulfonamides is 1. The number of carbonyl (C=O) groups excluding carboxylic acids is 1. The lowest BCUT2D eigenvalue weighted by Crippen LogP contribution is -2.39. The minimum Gasteiger partial charge on any atom is -0.495 e. The van der Waals surface area contributed by atoms with Gasteiger partial charge in [0.25, 0.3) is 10.0 Å². The van der Waals surface area contributed by atoms with Gasteiger partial charge < -0.3 is 14.4 Å². The number of benzene rings is 2. The maximum absolute atomic E-state index is 14.5. The lowest BCUT2D eigenvalue weighted by molar-refractivity contribution is -0.125. The molecule has 2 fully saturated rings. The van der Waals surface area contributed by atoms with Crippen molar-refractivity contribution in [3.05, 3.63) is 47.3 Å². The van der Waals surface area contributed by atoms with Crippen LogP contribution in [0.15, 0.2) is 35.2 Å². The summed E-state index contributed by atoms with van der Waals surface area (Å²) in [5, 5.41) is 0. The van der Waals surface area contributed by atoms with Crippen LogP contribution in [0.4, 0.5) is 10.1 Å². The summed E-state index contributed by atoms with van der Waals surface area (Å²) in [7, 11) is -0.935. The maximum Gasteiger partial charge on any atom is 0.268 e. The SMILES string of the molecule is COc1cccc(F)c1S(=O)(=O)Nc1cc(OC2CCN(C)CC2)c2c(c1)C1(CCC1)C(=O)C2. The number of carbonyl (C=O) groups is 1. The molecule has 7 nitrogen and oxygen atoms in total. The Bertz CT molecular complexity index is 1230. The van der Waals surface area contributed by atoms with Crippen LogP contribution in [-0.4, -0.2) is 52.5 Å². The molecule has 1 heterocycles. The van der Waals surface area contributed by atoms with E-state index in [4.69, 9.17) is 9.47 Å². The van der Waals surface area contributed by atoms with E-state index in [1.807, 2.05) is 0 Å². The van der Waals surface area contributed by atoms with E-state index in [1.165, 1.54) is 19.2 Å². The van der Waals surface area contributed by atoms with E-state index in [2.05, 4.69) is 16.7 Å². The molecule has 0 bridgehead atoms. The number of Topliss-reactive ketones (excluding diaryl/α,β-unsaturated/α-hetero) is 1. The summed E-state index contributed by atoms with van der Waals surface area (Å²) >= 11 is 0. The van der Waals surface area contributed by atoms with Gasteiger partial charge in [-0.3, -0.25) is 9.52 Å². The van der Waals surface area contributed by atoms with Crippen molar-refractivity contribution in [2.75, 3.05) is 32.0 Å². The van der Waals surface area contributed by atoms with Gasteiger partial charge in [-0.2, -0.15) is 0 Å². The van der Waals surface area contributed by atoms with Gasteiger partial charge in [0.15, 0.2) is 4.90 Å². The summed E-state index contributed by atoms with van der Waals surface area (Å²) in [6, 6.07) is 7.23. The van der Waals surface area contributed by atoms with Crippen molar-refractivity contribution in [2.45, 2.75) is 54.9 Å². The third kappa shape index (κ3) is 3.84. The zero-order chi connectivity index (χ0) is 24.1. The highest BCUT2D eigenvalue weighted by Gasteiger charge is 2.51. The summed E-state index contributed by atoms with van der Waals surface area (Å²) < 4.78 is 54.9. The molecule has 0 aromatic heterocycles. The molecular weight excluding hydrogens is 459 g/mol. The Morgan fingerprint density at radius 2 is 1.88 bits per heavy atom. The van der Waals surface area contributed by atoms with E-state index in [0.29, 0.717) is 12.2 Å². The summed E-state index contributed by atoms with van der Waals surface area (Å²) in [5.41, 5.74) is 1.40. The summed E-state index contributed by atoms with van der Waals surface area (Å²) in [6.07, 6.45) is 4.46. The van der Waals surface area contributed by atoms with Crippen LogP contribution in [0.1, 0.15) is 43.2 Å². The second-order valence-electron chi connectivity index (χ2n) is 9.53. The highest BCUT2D eigenvalue weighted by Crippen LogP contribution is 2.53. The average Bonchev–Trinajstić information content (AvgIpc) is 3.07. The van der Waals surface area contributed by atoms with E-state index in [1.54, 1.807) is 12.1 Å². The topological polar surface area (TPSA) is 84.9 Å². The number of halogens is 1. The first kappa shape index (κ1) is 23.1. The van der Waals surface area contributed by atoms with Crippen molar-refractivity contribution in [3.63, 3.8) is 0 Å². The molecule has 0 amide bonds. The number of ether oxygens (including phenoxy) is 2. The van der Waals surface area contributed by atoms with Gasteiger partial charge in [-0.15, -0.1) is 0 Å². The lowest BCUT2D eigenvalue weighted by atomic mass is 9.64. The van der Waals surface area contributed by atoms with Gasteiger partial charge in [-0.1, -0.05) is 12.5 Å². The molecule has 9 heteroatoms. The number of hydrogen-bond donors (Lipinski definition) is 1. The molecule has 1 saturated carbocycles. The Morgan fingerprint density at radius 1 is 1.15 bits per heavy atom. The monoisotopic (exact) mass is 488 g/mol. The molecule has 0 radical (unpaired) electrons.